The van der Waals surface area contributed by atoms with Crippen molar-refractivity contribution in [3.05, 3.63) is 29.8 Å². The van der Waals surface area contributed by atoms with Crippen molar-refractivity contribution in [2.75, 3.05) is 0 Å². The standard InChI is InChI=1S/C12H17NO/c1-8(2)11-7-12(11,13)9-3-5-10(14)6-4-9/h3-6,8,11,14H,7,13H2,1-2H3. The highest BCUT2D eigenvalue weighted by molar-refractivity contribution is 5.36. The van der Waals surface area contributed by atoms with E-state index < -0.39 is 0 Å². The van der Waals surface area contributed by atoms with Crippen LogP contribution in [0.2, 0.25) is 0 Å². The number of phenolic OH excluding ortho intramolecular Hbond substituents is 1. The Labute approximate surface area is 84.7 Å². The highest BCUT2D eigenvalue weighted by Crippen LogP contribution is 2.53. The van der Waals surface area contributed by atoms with Crippen LogP contribution >= 0.6 is 0 Å². The molecule has 0 heterocycles. The van der Waals surface area contributed by atoms with Gasteiger partial charge in [0.25, 0.3) is 0 Å². The predicted octanol–water partition coefficient (Wildman–Crippen LogP) is 2.22. The average Bonchev–Trinajstić information content (AvgIpc) is 2.80. The number of phenols is 1. The molecule has 3 N–H and O–H groups in total. The maximum absolute atomic E-state index is 9.18. The first-order chi connectivity index (χ1) is 6.54. The predicted molar refractivity (Wildman–Crippen MR) is 56.9 cm³/mol. The van der Waals surface area contributed by atoms with Gasteiger partial charge >= 0.3 is 0 Å². The van der Waals surface area contributed by atoms with Crippen LogP contribution < -0.4 is 5.73 Å². The van der Waals surface area contributed by atoms with Crippen LogP contribution in [0.25, 0.3) is 0 Å². The number of benzene rings is 1. The van der Waals surface area contributed by atoms with Crippen LogP contribution in [0.4, 0.5) is 0 Å². The van der Waals surface area contributed by atoms with Gasteiger partial charge in [-0.2, -0.15) is 0 Å². The average molecular weight is 191 g/mol. The van der Waals surface area contributed by atoms with Gasteiger partial charge in [-0.1, -0.05) is 26.0 Å². The van der Waals surface area contributed by atoms with Gasteiger partial charge in [0.05, 0.1) is 0 Å². The van der Waals surface area contributed by atoms with E-state index in [1.165, 1.54) is 0 Å². The Morgan fingerprint density at radius 2 is 1.93 bits per heavy atom. The molecule has 76 valence electrons. The molecule has 1 fully saturated rings. The molecule has 1 aromatic carbocycles. The van der Waals surface area contributed by atoms with E-state index in [0.29, 0.717) is 17.6 Å². The van der Waals surface area contributed by atoms with Crippen LogP contribution in [0.15, 0.2) is 24.3 Å². The third kappa shape index (κ3) is 1.40. The summed E-state index contributed by atoms with van der Waals surface area (Å²) in [5.41, 5.74) is 7.29. The number of rotatable bonds is 2. The minimum absolute atomic E-state index is 0.137. The first-order valence-corrected chi connectivity index (χ1v) is 5.12. The van der Waals surface area contributed by atoms with Gasteiger partial charge in [0.1, 0.15) is 5.75 Å². The van der Waals surface area contributed by atoms with Crippen molar-refractivity contribution in [3.8, 4) is 5.75 Å². The SMILES string of the molecule is CC(C)C1CC1(N)c1ccc(O)cc1. The summed E-state index contributed by atoms with van der Waals surface area (Å²) >= 11 is 0. The monoisotopic (exact) mass is 191 g/mol. The molecule has 2 atom stereocenters. The fraction of sp³-hybridized carbons (Fsp3) is 0.500. The summed E-state index contributed by atoms with van der Waals surface area (Å²) in [6, 6.07) is 7.27. The Morgan fingerprint density at radius 3 is 2.36 bits per heavy atom. The normalized spacial score (nSPS) is 30.7. The second-order valence-corrected chi connectivity index (χ2v) is 4.64. The van der Waals surface area contributed by atoms with Gasteiger partial charge in [0.15, 0.2) is 0 Å². The summed E-state index contributed by atoms with van der Waals surface area (Å²) in [6.45, 7) is 4.42. The second-order valence-electron chi connectivity index (χ2n) is 4.64. The molecule has 0 spiro atoms. The number of nitrogens with two attached hydrogens (primary N) is 1. The van der Waals surface area contributed by atoms with E-state index in [1.807, 2.05) is 12.1 Å². The van der Waals surface area contributed by atoms with Crippen molar-refractivity contribution in [1.82, 2.24) is 0 Å². The van der Waals surface area contributed by atoms with Crippen LogP contribution in [-0.4, -0.2) is 5.11 Å². The Bertz CT molecular complexity index is 331. The summed E-state index contributed by atoms with van der Waals surface area (Å²) in [4.78, 5) is 0. The molecule has 1 aromatic rings. The first kappa shape index (κ1) is 9.53. The zero-order valence-corrected chi connectivity index (χ0v) is 8.70. The zero-order chi connectivity index (χ0) is 10.3. The first-order valence-electron chi connectivity index (χ1n) is 5.12. The lowest BCUT2D eigenvalue weighted by molar-refractivity contribution is 0.472. The third-order valence-electron chi connectivity index (χ3n) is 3.27. The van der Waals surface area contributed by atoms with Crippen LogP contribution in [0.3, 0.4) is 0 Å². The van der Waals surface area contributed by atoms with Gasteiger partial charge in [-0.15, -0.1) is 0 Å². The molecule has 1 aliphatic carbocycles. The molecular formula is C12H17NO. The summed E-state index contributed by atoms with van der Waals surface area (Å²) in [6.07, 6.45) is 1.06. The lowest BCUT2D eigenvalue weighted by Gasteiger charge is -2.14. The van der Waals surface area contributed by atoms with Crippen molar-refractivity contribution in [3.63, 3.8) is 0 Å². The number of hydrogen-bond acceptors (Lipinski definition) is 2. The van der Waals surface area contributed by atoms with Crippen LogP contribution in [0.1, 0.15) is 25.8 Å². The molecule has 2 nitrogen and oxygen atoms in total. The maximum atomic E-state index is 9.18. The molecule has 0 amide bonds. The molecule has 1 saturated carbocycles. The third-order valence-corrected chi connectivity index (χ3v) is 3.27. The zero-order valence-electron chi connectivity index (χ0n) is 8.70. The second kappa shape index (κ2) is 2.99. The molecule has 2 rings (SSSR count). The van der Waals surface area contributed by atoms with Gasteiger partial charge in [-0.3, -0.25) is 0 Å². The molecule has 14 heavy (non-hydrogen) atoms. The van der Waals surface area contributed by atoms with Gasteiger partial charge in [0, 0.05) is 5.54 Å². The number of aromatic hydroxyl groups is 1. The molecule has 0 aliphatic heterocycles. The lowest BCUT2D eigenvalue weighted by Crippen LogP contribution is -2.23. The van der Waals surface area contributed by atoms with Gasteiger partial charge in [-0.05, 0) is 36.0 Å². The van der Waals surface area contributed by atoms with Gasteiger partial charge in [-0.25, -0.2) is 0 Å². The van der Waals surface area contributed by atoms with E-state index in [0.717, 1.165) is 12.0 Å². The van der Waals surface area contributed by atoms with Crippen LogP contribution in [0.5, 0.6) is 5.75 Å². The van der Waals surface area contributed by atoms with E-state index in [1.54, 1.807) is 12.1 Å². The molecule has 1 aliphatic rings. The van der Waals surface area contributed by atoms with Gasteiger partial charge in [0.2, 0.25) is 0 Å². The molecule has 0 saturated heterocycles. The van der Waals surface area contributed by atoms with Crippen molar-refractivity contribution in [1.29, 1.82) is 0 Å². The Morgan fingerprint density at radius 1 is 1.36 bits per heavy atom. The van der Waals surface area contributed by atoms with E-state index in [4.69, 9.17) is 5.73 Å². The largest absolute Gasteiger partial charge is 0.508 e. The highest BCUT2D eigenvalue weighted by Gasteiger charge is 2.53. The van der Waals surface area contributed by atoms with E-state index >= 15 is 0 Å². The smallest absolute Gasteiger partial charge is 0.115 e. The highest BCUT2D eigenvalue weighted by atomic mass is 16.3. The number of hydrogen-bond donors (Lipinski definition) is 2. The Hall–Kier alpha value is -1.02. The fourth-order valence-electron chi connectivity index (χ4n) is 2.24. The summed E-state index contributed by atoms with van der Waals surface area (Å²) < 4.78 is 0. The molecule has 0 bridgehead atoms. The summed E-state index contributed by atoms with van der Waals surface area (Å²) in [5, 5.41) is 9.18. The molecule has 0 aromatic heterocycles. The van der Waals surface area contributed by atoms with E-state index in [9.17, 15) is 5.11 Å². The minimum Gasteiger partial charge on any atom is -0.508 e. The molecular weight excluding hydrogens is 174 g/mol. The van der Waals surface area contributed by atoms with Crippen molar-refractivity contribution in [2.45, 2.75) is 25.8 Å². The topological polar surface area (TPSA) is 46.2 Å². The van der Waals surface area contributed by atoms with Crippen LogP contribution in [0, 0.1) is 11.8 Å². The Balaban J connectivity index is 2.21. The quantitative estimate of drug-likeness (QED) is 0.753. The van der Waals surface area contributed by atoms with E-state index in [2.05, 4.69) is 13.8 Å². The fourth-order valence-corrected chi connectivity index (χ4v) is 2.24. The van der Waals surface area contributed by atoms with Gasteiger partial charge < -0.3 is 10.8 Å². The molecule has 0 radical (unpaired) electrons. The van der Waals surface area contributed by atoms with E-state index in [-0.39, 0.29) is 5.54 Å². The maximum Gasteiger partial charge on any atom is 0.115 e. The molecule has 2 unspecified atom stereocenters. The van der Waals surface area contributed by atoms with Crippen molar-refractivity contribution in [2.24, 2.45) is 17.6 Å². The van der Waals surface area contributed by atoms with Crippen LogP contribution in [-0.2, 0) is 5.54 Å². The Kier molecular flexibility index (Phi) is 2.04. The lowest BCUT2D eigenvalue weighted by atomic mass is 9.98. The van der Waals surface area contributed by atoms with Crippen molar-refractivity contribution < 1.29 is 5.11 Å². The summed E-state index contributed by atoms with van der Waals surface area (Å²) in [5.74, 6) is 1.53. The summed E-state index contributed by atoms with van der Waals surface area (Å²) in [7, 11) is 0. The minimum atomic E-state index is -0.137. The molecule has 2 heteroatoms. The van der Waals surface area contributed by atoms with Crippen molar-refractivity contribution >= 4 is 0 Å².